The Bertz CT molecular complexity index is 974. The summed E-state index contributed by atoms with van der Waals surface area (Å²) in [5, 5.41) is 8.55. The highest BCUT2D eigenvalue weighted by atomic mass is 16.5. The highest BCUT2D eigenvalue weighted by molar-refractivity contribution is 5.94. The predicted octanol–water partition coefficient (Wildman–Crippen LogP) is 4.15. The first-order chi connectivity index (χ1) is 15.1. The molecule has 3 aromatic rings. The van der Waals surface area contributed by atoms with Crippen LogP contribution >= 0.6 is 0 Å². The number of carbonyl (C=O) groups excluding carboxylic acids is 2. The molecule has 3 aromatic carbocycles. The van der Waals surface area contributed by atoms with Crippen LogP contribution in [0.4, 0.5) is 17.1 Å². The number of benzene rings is 3. The molecule has 2 amide bonds. The molecule has 0 aliphatic rings. The predicted molar refractivity (Wildman–Crippen MR) is 122 cm³/mol. The number of hydrogen-bond acceptors (Lipinski definition) is 5. The van der Waals surface area contributed by atoms with E-state index >= 15 is 0 Å². The fourth-order valence-corrected chi connectivity index (χ4v) is 2.73. The number of hydrogen-bond donors (Lipinski definition) is 3. The highest BCUT2D eigenvalue weighted by Crippen LogP contribution is 2.16. The van der Waals surface area contributed by atoms with Gasteiger partial charge in [-0.2, -0.15) is 0 Å². The maximum Gasteiger partial charge on any atom is 0.243 e. The van der Waals surface area contributed by atoms with Crippen molar-refractivity contribution in [3.8, 4) is 11.5 Å². The second kappa shape index (κ2) is 11.3. The third-order valence-electron chi connectivity index (χ3n) is 4.16. The van der Waals surface area contributed by atoms with E-state index in [-0.39, 0.29) is 18.4 Å². The number of amides is 2. The Morgan fingerprint density at radius 3 is 1.77 bits per heavy atom. The molecule has 7 heteroatoms. The van der Waals surface area contributed by atoms with Gasteiger partial charge in [-0.25, -0.2) is 0 Å². The minimum absolute atomic E-state index is 0.124. The summed E-state index contributed by atoms with van der Waals surface area (Å²) in [5.74, 6) is 1.22. The van der Waals surface area contributed by atoms with Crippen LogP contribution in [0, 0.1) is 0 Å². The van der Waals surface area contributed by atoms with Crippen molar-refractivity contribution in [1.82, 2.24) is 0 Å². The largest absolute Gasteiger partial charge is 0.490 e. The van der Waals surface area contributed by atoms with E-state index in [1.165, 1.54) is 6.92 Å². The maximum atomic E-state index is 12.1. The van der Waals surface area contributed by atoms with Gasteiger partial charge in [0.15, 0.2) is 0 Å². The fourth-order valence-electron chi connectivity index (χ4n) is 2.73. The Kier molecular flexibility index (Phi) is 7.88. The monoisotopic (exact) mass is 419 g/mol. The number of rotatable bonds is 10. The van der Waals surface area contributed by atoms with Crippen molar-refractivity contribution < 1.29 is 19.1 Å². The van der Waals surface area contributed by atoms with Crippen molar-refractivity contribution in [3.05, 3.63) is 78.9 Å². The minimum atomic E-state index is -0.175. The maximum absolute atomic E-state index is 12.1. The van der Waals surface area contributed by atoms with Gasteiger partial charge in [0.1, 0.15) is 24.7 Å². The lowest BCUT2D eigenvalue weighted by atomic mass is 10.2. The molecule has 0 spiro atoms. The summed E-state index contributed by atoms with van der Waals surface area (Å²) < 4.78 is 11.3. The van der Waals surface area contributed by atoms with E-state index in [0.29, 0.717) is 24.6 Å². The van der Waals surface area contributed by atoms with Gasteiger partial charge in [0.05, 0.1) is 6.54 Å². The second-order valence-corrected chi connectivity index (χ2v) is 6.69. The van der Waals surface area contributed by atoms with Gasteiger partial charge in [0, 0.05) is 24.0 Å². The standard InChI is InChI=1S/C24H25N3O4/c1-18(28)26-20-7-9-21(10-8-20)27-24(29)17-25-19-11-13-23(14-12-19)31-16-15-30-22-5-3-2-4-6-22/h2-14,25H,15-17H2,1H3,(H,26,28)(H,27,29). The molecule has 0 unspecified atom stereocenters. The molecular formula is C24H25N3O4. The van der Waals surface area contributed by atoms with Crippen molar-refractivity contribution in [2.75, 3.05) is 35.7 Å². The summed E-state index contributed by atoms with van der Waals surface area (Å²) in [6.45, 7) is 2.46. The van der Waals surface area contributed by atoms with Crippen LogP contribution < -0.4 is 25.4 Å². The Hall–Kier alpha value is -4.00. The normalized spacial score (nSPS) is 10.1. The number of para-hydroxylation sites is 1. The summed E-state index contributed by atoms with van der Waals surface area (Å²) in [5.41, 5.74) is 2.14. The molecule has 0 fully saturated rings. The summed E-state index contributed by atoms with van der Waals surface area (Å²) in [6.07, 6.45) is 0. The molecule has 0 bridgehead atoms. The first-order valence-corrected chi connectivity index (χ1v) is 9.90. The quantitative estimate of drug-likeness (QED) is 0.430. The lowest BCUT2D eigenvalue weighted by molar-refractivity contribution is -0.115. The van der Waals surface area contributed by atoms with Crippen molar-refractivity contribution in [2.45, 2.75) is 6.92 Å². The van der Waals surface area contributed by atoms with Crippen LogP contribution in [0.1, 0.15) is 6.92 Å². The van der Waals surface area contributed by atoms with Crippen LogP contribution in [0.15, 0.2) is 78.9 Å². The van der Waals surface area contributed by atoms with Gasteiger partial charge in [0.2, 0.25) is 11.8 Å². The summed E-state index contributed by atoms with van der Waals surface area (Å²) in [7, 11) is 0. The van der Waals surface area contributed by atoms with Crippen LogP contribution in [0.5, 0.6) is 11.5 Å². The van der Waals surface area contributed by atoms with Gasteiger partial charge >= 0.3 is 0 Å². The molecule has 0 atom stereocenters. The number of carbonyl (C=O) groups is 2. The van der Waals surface area contributed by atoms with Crippen LogP contribution in [-0.2, 0) is 9.59 Å². The fraction of sp³-hybridized carbons (Fsp3) is 0.167. The Labute approximate surface area is 181 Å². The van der Waals surface area contributed by atoms with Crippen LogP contribution in [0.3, 0.4) is 0 Å². The van der Waals surface area contributed by atoms with E-state index in [0.717, 1.165) is 17.2 Å². The third-order valence-corrected chi connectivity index (χ3v) is 4.16. The molecule has 0 saturated carbocycles. The van der Waals surface area contributed by atoms with Crippen molar-refractivity contribution in [3.63, 3.8) is 0 Å². The number of anilines is 3. The molecule has 3 rings (SSSR count). The topological polar surface area (TPSA) is 88.7 Å². The molecule has 0 heterocycles. The van der Waals surface area contributed by atoms with Crippen LogP contribution in [0.25, 0.3) is 0 Å². The average Bonchev–Trinajstić information content (AvgIpc) is 2.78. The molecule has 160 valence electrons. The van der Waals surface area contributed by atoms with E-state index in [1.807, 2.05) is 54.6 Å². The van der Waals surface area contributed by atoms with Gasteiger partial charge in [0.25, 0.3) is 0 Å². The van der Waals surface area contributed by atoms with E-state index < -0.39 is 0 Å². The van der Waals surface area contributed by atoms with Gasteiger partial charge in [-0.05, 0) is 60.7 Å². The van der Waals surface area contributed by atoms with Crippen molar-refractivity contribution >= 4 is 28.9 Å². The highest BCUT2D eigenvalue weighted by Gasteiger charge is 2.04. The molecule has 0 radical (unpaired) electrons. The number of ether oxygens (including phenoxy) is 2. The van der Waals surface area contributed by atoms with Crippen LogP contribution in [0.2, 0.25) is 0 Å². The SMILES string of the molecule is CC(=O)Nc1ccc(NC(=O)CNc2ccc(OCCOc3ccccc3)cc2)cc1. The zero-order valence-electron chi connectivity index (χ0n) is 17.3. The van der Waals surface area contributed by atoms with Crippen molar-refractivity contribution in [2.24, 2.45) is 0 Å². The Morgan fingerprint density at radius 2 is 1.19 bits per heavy atom. The molecule has 7 nitrogen and oxygen atoms in total. The average molecular weight is 419 g/mol. The first kappa shape index (κ1) is 21.7. The Balaban J connectivity index is 1.36. The molecule has 0 aromatic heterocycles. The third kappa shape index (κ3) is 7.74. The molecule has 0 aliphatic carbocycles. The van der Waals surface area contributed by atoms with E-state index in [2.05, 4.69) is 16.0 Å². The molecular weight excluding hydrogens is 394 g/mol. The van der Waals surface area contributed by atoms with Crippen molar-refractivity contribution in [1.29, 1.82) is 0 Å². The smallest absolute Gasteiger partial charge is 0.243 e. The zero-order chi connectivity index (χ0) is 21.9. The van der Waals surface area contributed by atoms with Gasteiger partial charge in [-0.1, -0.05) is 18.2 Å². The van der Waals surface area contributed by atoms with Crippen LogP contribution in [-0.4, -0.2) is 31.6 Å². The summed E-state index contributed by atoms with van der Waals surface area (Å²) in [6, 6.07) is 23.9. The minimum Gasteiger partial charge on any atom is -0.490 e. The molecule has 3 N–H and O–H groups in total. The number of nitrogens with one attached hydrogen (secondary N) is 3. The van der Waals surface area contributed by atoms with E-state index in [1.54, 1.807) is 24.3 Å². The van der Waals surface area contributed by atoms with Gasteiger partial charge in [-0.15, -0.1) is 0 Å². The van der Waals surface area contributed by atoms with E-state index in [4.69, 9.17) is 9.47 Å². The summed E-state index contributed by atoms with van der Waals surface area (Å²) in [4.78, 5) is 23.2. The molecule has 31 heavy (non-hydrogen) atoms. The molecule has 0 aliphatic heterocycles. The Morgan fingerprint density at radius 1 is 0.677 bits per heavy atom. The lowest BCUT2D eigenvalue weighted by Crippen LogP contribution is -2.21. The van der Waals surface area contributed by atoms with Gasteiger partial charge in [-0.3, -0.25) is 9.59 Å². The van der Waals surface area contributed by atoms with E-state index in [9.17, 15) is 9.59 Å². The zero-order valence-corrected chi connectivity index (χ0v) is 17.3. The van der Waals surface area contributed by atoms with Gasteiger partial charge < -0.3 is 25.4 Å². The first-order valence-electron chi connectivity index (χ1n) is 9.90. The second-order valence-electron chi connectivity index (χ2n) is 6.69. The molecule has 0 saturated heterocycles. The lowest BCUT2D eigenvalue weighted by Gasteiger charge is -2.10. The summed E-state index contributed by atoms with van der Waals surface area (Å²) >= 11 is 0.